The maximum atomic E-state index is 12.7. The van der Waals surface area contributed by atoms with Gasteiger partial charge in [0.25, 0.3) is 0 Å². The third kappa shape index (κ3) is 4.71. The van der Waals surface area contributed by atoms with E-state index in [1.54, 1.807) is 12.1 Å². The molecule has 32 heavy (non-hydrogen) atoms. The number of nitrogens with zero attached hydrogens (tertiary/aromatic N) is 2. The number of imidazole rings is 1. The zero-order valence-electron chi connectivity index (χ0n) is 17.9. The van der Waals surface area contributed by atoms with Gasteiger partial charge < -0.3 is 9.88 Å². The Balaban J connectivity index is 1.54. The zero-order chi connectivity index (χ0) is 22.7. The number of amides is 1. The summed E-state index contributed by atoms with van der Waals surface area (Å²) in [6, 6.07) is 22.0. The predicted molar refractivity (Wildman–Crippen MR) is 126 cm³/mol. The number of hydrogen-bond donors (Lipinski definition) is 2. The molecule has 0 fully saturated rings. The van der Waals surface area contributed by atoms with Gasteiger partial charge in [-0.25, -0.2) is 18.1 Å². The van der Waals surface area contributed by atoms with Crippen molar-refractivity contribution in [3.8, 4) is 11.4 Å². The Morgan fingerprint density at radius 1 is 0.969 bits per heavy atom. The van der Waals surface area contributed by atoms with Gasteiger partial charge >= 0.3 is 0 Å². The van der Waals surface area contributed by atoms with E-state index in [0.29, 0.717) is 12.2 Å². The second kappa shape index (κ2) is 8.94. The third-order valence-electron chi connectivity index (χ3n) is 5.08. The Kier molecular flexibility index (Phi) is 6.07. The number of aryl methyl sites for hydroxylation is 1. The van der Waals surface area contributed by atoms with Crippen molar-refractivity contribution < 1.29 is 13.2 Å². The number of sulfonamides is 1. The summed E-state index contributed by atoms with van der Waals surface area (Å²) in [7, 11) is -3.69. The maximum absolute atomic E-state index is 12.7. The molecule has 0 aliphatic rings. The van der Waals surface area contributed by atoms with E-state index in [-0.39, 0.29) is 17.3 Å². The molecule has 0 aliphatic heterocycles. The van der Waals surface area contributed by atoms with Crippen molar-refractivity contribution in [2.45, 2.75) is 25.3 Å². The molecule has 0 spiro atoms. The molecule has 0 unspecified atom stereocenters. The van der Waals surface area contributed by atoms with Crippen molar-refractivity contribution in [1.29, 1.82) is 0 Å². The van der Waals surface area contributed by atoms with Gasteiger partial charge in [-0.05, 0) is 43.3 Å². The SMILES string of the molecule is CC(=O)Nc1ccc(S(=O)(=O)NCCn2c(-c3ccc(C)cc3)nc3ccccc32)cc1. The van der Waals surface area contributed by atoms with Crippen molar-refractivity contribution in [2.24, 2.45) is 0 Å². The fraction of sp³-hybridized carbons (Fsp3) is 0.167. The molecule has 1 heterocycles. The highest BCUT2D eigenvalue weighted by molar-refractivity contribution is 7.89. The Morgan fingerprint density at radius 2 is 1.66 bits per heavy atom. The standard InChI is InChI=1S/C24H24N4O3S/c1-17-7-9-19(10-8-17)24-27-22-5-3-4-6-23(22)28(24)16-15-25-32(30,31)21-13-11-20(12-14-21)26-18(2)29/h3-14,25H,15-16H2,1-2H3,(H,26,29). The number of hydrogen-bond acceptors (Lipinski definition) is 4. The van der Waals surface area contributed by atoms with E-state index < -0.39 is 10.0 Å². The molecule has 7 nitrogen and oxygen atoms in total. The average Bonchev–Trinajstić information content (AvgIpc) is 3.13. The van der Waals surface area contributed by atoms with Crippen LogP contribution in [0.5, 0.6) is 0 Å². The van der Waals surface area contributed by atoms with Crippen LogP contribution in [-0.4, -0.2) is 30.4 Å². The summed E-state index contributed by atoms with van der Waals surface area (Å²) in [5, 5.41) is 2.62. The first kappa shape index (κ1) is 21.7. The van der Waals surface area contributed by atoms with Crippen molar-refractivity contribution in [3.05, 3.63) is 78.4 Å². The molecule has 4 aromatic rings. The Morgan fingerprint density at radius 3 is 2.34 bits per heavy atom. The highest BCUT2D eigenvalue weighted by atomic mass is 32.2. The molecule has 0 saturated heterocycles. The summed E-state index contributed by atoms with van der Waals surface area (Å²) in [6.45, 7) is 4.06. The molecule has 0 aliphatic carbocycles. The first-order chi connectivity index (χ1) is 15.3. The van der Waals surface area contributed by atoms with Crippen LogP contribution in [0.4, 0.5) is 5.69 Å². The second-order valence-corrected chi connectivity index (χ2v) is 9.31. The van der Waals surface area contributed by atoms with Crippen molar-refractivity contribution >= 4 is 32.7 Å². The normalized spacial score (nSPS) is 11.6. The number of carbonyl (C=O) groups excluding carboxylic acids is 1. The van der Waals surface area contributed by atoms with Gasteiger partial charge in [0.1, 0.15) is 5.82 Å². The highest BCUT2D eigenvalue weighted by Gasteiger charge is 2.16. The lowest BCUT2D eigenvalue weighted by Crippen LogP contribution is -2.27. The molecule has 164 valence electrons. The Hall–Kier alpha value is -3.49. The first-order valence-corrected chi connectivity index (χ1v) is 11.7. The smallest absolute Gasteiger partial charge is 0.240 e. The lowest BCUT2D eigenvalue weighted by molar-refractivity contribution is -0.114. The fourth-order valence-corrected chi connectivity index (χ4v) is 4.54. The van der Waals surface area contributed by atoms with Crippen LogP contribution in [0.2, 0.25) is 0 Å². The van der Waals surface area contributed by atoms with Gasteiger partial charge in [-0.15, -0.1) is 0 Å². The van der Waals surface area contributed by atoms with E-state index in [1.165, 1.54) is 19.1 Å². The molecule has 0 bridgehead atoms. The topological polar surface area (TPSA) is 93.1 Å². The van der Waals surface area contributed by atoms with Crippen LogP contribution in [0, 0.1) is 6.92 Å². The number of benzene rings is 3. The van der Waals surface area contributed by atoms with Crippen molar-refractivity contribution in [2.75, 3.05) is 11.9 Å². The molecule has 3 aromatic carbocycles. The third-order valence-corrected chi connectivity index (χ3v) is 6.55. The van der Waals surface area contributed by atoms with Gasteiger partial charge in [-0.1, -0.05) is 42.0 Å². The molecule has 0 atom stereocenters. The number of aromatic nitrogens is 2. The second-order valence-electron chi connectivity index (χ2n) is 7.55. The summed E-state index contributed by atoms with van der Waals surface area (Å²) in [5.74, 6) is 0.584. The van der Waals surface area contributed by atoms with E-state index >= 15 is 0 Å². The van der Waals surface area contributed by atoms with Crippen LogP contribution < -0.4 is 10.0 Å². The number of nitrogens with one attached hydrogen (secondary N) is 2. The molecule has 1 amide bonds. The Bertz CT molecular complexity index is 1360. The number of anilines is 1. The molecular weight excluding hydrogens is 424 g/mol. The highest BCUT2D eigenvalue weighted by Crippen LogP contribution is 2.25. The van der Waals surface area contributed by atoms with E-state index in [0.717, 1.165) is 28.0 Å². The van der Waals surface area contributed by atoms with Crippen LogP contribution in [-0.2, 0) is 21.4 Å². The van der Waals surface area contributed by atoms with Gasteiger partial charge in [0.2, 0.25) is 15.9 Å². The van der Waals surface area contributed by atoms with E-state index in [9.17, 15) is 13.2 Å². The van der Waals surface area contributed by atoms with Crippen molar-refractivity contribution in [1.82, 2.24) is 14.3 Å². The van der Waals surface area contributed by atoms with E-state index in [1.807, 2.05) is 60.0 Å². The molecule has 2 N–H and O–H groups in total. The monoisotopic (exact) mass is 448 g/mol. The van der Waals surface area contributed by atoms with Crippen molar-refractivity contribution in [3.63, 3.8) is 0 Å². The van der Waals surface area contributed by atoms with Crippen LogP contribution in [0.25, 0.3) is 22.4 Å². The average molecular weight is 449 g/mol. The minimum absolute atomic E-state index is 0.140. The number of rotatable bonds is 7. The number of para-hydroxylation sites is 2. The molecule has 0 radical (unpaired) electrons. The van der Waals surface area contributed by atoms with E-state index in [2.05, 4.69) is 10.0 Å². The maximum Gasteiger partial charge on any atom is 0.240 e. The lowest BCUT2D eigenvalue weighted by atomic mass is 10.1. The lowest BCUT2D eigenvalue weighted by Gasteiger charge is -2.12. The number of fused-ring (bicyclic) bond motifs is 1. The summed E-state index contributed by atoms with van der Waals surface area (Å²) in [6.07, 6.45) is 0. The molecule has 0 saturated carbocycles. The Labute approximate surface area is 187 Å². The molecular formula is C24H24N4O3S. The fourth-order valence-electron chi connectivity index (χ4n) is 3.52. The largest absolute Gasteiger partial charge is 0.326 e. The summed E-state index contributed by atoms with van der Waals surface area (Å²) in [5.41, 5.74) is 4.49. The summed E-state index contributed by atoms with van der Waals surface area (Å²) >= 11 is 0. The van der Waals surface area contributed by atoms with Crippen LogP contribution >= 0.6 is 0 Å². The minimum atomic E-state index is -3.69. The van der Waals surface area contributed by atoms with Gasteiger partial charge in [-0.3, -0.25) is 4.79 Å². The zero-order valence-corrected chi connectivity index (χ0v) is 18.7. The molecule has 8 heteroatoms. The van der Waals surface area contributed by atoms with Gasteiger partial charge in [-0.2, -0.15) is 0 Å². The minimum Gasteiger partial charge on any atom is -0.326 e. The quantitative estimate of drug-likeness (QED) is 0.448. The van der Waals surface area contributed by atoms with Crippen LogP contribution in [0.1, 0.15) is 12.5 Å². The molecule has 4 rings (SSSR count). The van der Waals surface area contributed by atoms with Crippen LogP contribution in [0.15, 0.2) is 77.7 Å². The van der Waals surface area contributed by atoms with Crippen LogP contribution in [0.3, 0.4) is 0 Å². The predicted octanol–water partition coefficient (Wildman–Crippen LogP) is 3.95. The molecule has 1 aromatic heterocycles. The summed E-state index contributed by atoms with van der Waals surface area (Å²) < 4.78 is 30.1. The van der Waals surface area contributed by atoms with Gasteiger partial charge in [0.15, 0.2) is 0 Å². The number of carbonyl (C=O) groups is 1. The van der Waals surface area contributed by atoms with Gasteiger partial charge in [0, 0.05) is 31.3 Å². The van der Waals surface area contributed by atoms with E-state index in [4.69, 9.17) is 4.98 Å². The summed E-state index contributed by atoms with van der Waals surface area (Å²) in [4.78, 5) is 16.0. The van der Waals surface area contributed by atoms with Gasteiger partial charge in [0.05, 0.1) is 15.9 Å². The first-order valence-electron chi connectivity index (χ1n) is 10.2.